The van der Waals surface area contributed by atoms with E-state index in [9.17, 15) is 0 Å². The first-order valence-electron chi connectivity index (χ1n) is 24.4. The number of fused-ring (bicyclic) bond motifs is 6. The van der Waals surface area contributed by atoms with Gasteiger partial charge in [0.2, 0.25) is 0 Å². The summed E-state index contributed by atoms with van der Waals surface area (Å²) in [7, 11) is 0. The zero-order chi connectivity index (χ0) is 46.7. The van der Waals surface area contributed by atoms with E-state index < -0.39 is 5.41 Å². The SMILES string of the molecule is CC1(c2ccccc2)c2ccccc2-c2ccc(-c3ccccc3N(c3ccc4c(c3)C(c3ccccc3)(c3ccccc3)c3ccccc3-4)c3ccccc3-c3ccc(-c4ccccc4)cc3)cc21. The van der Waals surface area contributed by atoms with Gasteiger partial charge >= 0.3 is 0 Å². The number of para-hydroxylation sites is 2. The van der Waals surface area contributed by atoms with Gasteiger partial charge in [-0.2, -0.15) is 0 Å². The van der Waals surface area contributed by atoms with E-state index in [1.54, 1.807) is 0 Å². The van der Waals surface area contributed by atoms with Gasteiger partial charge in [0.25, 0.3) is 0 Å². The van der Waals surface area contributed by atoms with Crippen molar-refractivity contribution in [1.29, 1.82) is 0 Å². The molecular formula is C69H49N. The molecule has 2 aliphatic rings. The molecule has 330 valence electrons. The molecule has 11 aromatic carbocycles. The topological polar surface area (TPSA) is 3.24 Å². The predicted octanol–water partition coefficient (Wildman–Crippen LogP) is 17.9. The molecule has 0 fully saturated rings. The smallest absolute Gasteiger partial charge is 0.0714 e. The van der Waals surface area contributed by atoms with Gasteiger partial charge < -0.3 is 4.90 Å². The second-order valence-corrected chi connectivity index (χ2v) is 18.9. The number of benzene rings is 11. The molecule has 0 aromatic heterocycles. The maximum Gasteiger partial charge on any atom is 0.0714 e. The molecule has 0 heterocycles. The molecule has 0 radical (unpaired) electrons. The van der Waals surface area contributed by atoms with Crippen LogP contribution in [-0.2, 0) is 10.8 Å². The lowest BCUT2D eigenvalue weighted by Crippen LogP contribution is -2.28. The van der Waals surface area contributed by atoms with Gasteiger partial charge in [-0.1, -0.05) is 249 Å². The third kappa shape index (κ3) is 6.39. The number of hydrogen-bond acceptors (Lipinski definition) is 1. The second kappa shape index (κ2) is 16.8. The van der Waals surface area contributed by atoms with Gasteiger partial charge in [0, 0.05) is 22.2 Å². The van der Waals surface area contributed by atoms with Crippen molar-refractivity contribution in [2.75, 3.05) is 4.90 Å². The highest BCUT2D eigenvalue weighted by atomic mass is 15.1. The zero-order valence-corrected chi connectivity index (χ0v) is 39.0. The quantitative estimate of drug-likeness (QED) is 0.140. The van der Waals surface area contributed by atoms with Crippen LogP contribution in [0.5, 0.6) is 0 Å². The molecule has 1 heteroatoms. The number of anilines is 3. The Hall–Kier alpha value is -8.78. The lowest BCUT2D eigenvalue weighted by molar-refractivity contribution is 0.714. The number of hydrogen-bond donors (Lipinski definition) is 0. The molecule has 1 nitrogen and oxygen atoms in total. The molecule has 0 aliphatic heterocycles. The second-order valence-electron chi connectivity index (χ2n) is 18.9. The molecule has 2 aliphatic carbocycles. The Bertz CT molecular complexity index is 3670. The largest absolute Gasteiger partial charge is 0.309 e. The molecule has 1 unspecified atom stereocenters. The fourth-order valence-corrected chi connectivity index (χ4v) is 12.0. The van der Waals surface area contributed by atoms with Crippen LogP contribution < -0.4 is 4.90 Å². The van der Waals surface area contributed by atoms with Gasteiger partial charge in [0.05, 0.1) is 16.8 Å². The molecule has 0 spiro atoms. The third-order valence-corrected chi connectivity index (χ3v) is 15.3. The Balaban J connectivity index is 1.06. The molecule has 11 aromatic rings. The fraction of sp³-hybridized carbons (Fsp3) is 0.0435. The maximum absolute atomic E-state index is 2.53. The Kier molecular flexibility index (Phi) is 9.92. The van der Waals surface area contributed by atoms with Crippen molar-refractivity contribution in [3.8, 4) is 55.6 Å². The Labute approximate surface area is 411 Å². The summed E-state index contributed by atoms with van der Waals surface area (Å²) < 4.78 is 0. The van der Waals surface area contributed by atoms with E-state index in [4.69, 9.17) is 0 Å². The number of rotatable bonds is 9. The summed E-state index contributed by atoms with van der Waals surface area (Å²) in [5.41, 5.74) is 23.6. The van der Waals surface area contributed by atoms with Crippen LogP contribution in [0.15, 0.2) is 279 Å². The monoisotopic (exact) mass is 891 g/mol. The summed E-state index contributed by atoms with van der Waals surface area (Å²) >= 11 is 0. The van der Waals surface area contributed by atoms with E-state index in [-0.39, 0.29) is 5.41 Å². The first kappa shape index (κ1) is 41.4. The molecule has 70 heavy (non-hydrogen) atoms. The summed E-state index contributed by atoms with van der Waals surface area (Å²) in [6, 6.07) is 103. The highest BCUT2D eigenvalue weighted by molar-refractivity contribution is 5.97. The van der Waals surface area contributed by atoms with Crippen LogP contribution in [0.25, 0.3) is 55.6 Å². The first-order chi connectivity index (χ1) is 34.6. The summed E-state index contributed by atoms with van der Waals surface area (Å²) in [4.78, 5) is 2.53. The Morgan fingerprint density at radius 1 is 0.257 bits per heavy atom. The molecule has 0 N–H and O–H groups in total. The highest BCUT2D eigenvalue weighted by Gasteiger charge is 2.46. The van der Waals surface area contributed by atoms with Gasteiger partial charge in [0.1, 0.15) is 0 Å². The van der Waals surface area contributed by atoms with Crippen molar-refractivity contribution < 1.29 is 0 Å². The lowest BCUT2D eigenvalue weighted by Gasteiger charge is -2.35. The van der Waals surface area contributed by atoms with Gasteiger partial charge in [-0.05, 0) is 121 Å². The molecular weight excluding hydrogens is 843 g/mol. The summed E-state index contributed by atoms with van der Waals surface area (Å²) in [5.74, 6) is 0. The predicted molar refractivity (Wildman–Crippen MR) is 292 cm³/mol. The normalized spacial score (nSPS) is 14.8. The van der Waals surface area contributed by atoms with Gasteiger partial charge in [0.15, 0.2) is 0 Å². The summed E-state index contributed by atoms with van der Waals surface area (Å²) in [6.07, 6.45) is 0. The first-order valence-corrected chi connectivity index (χ1v) is 24.4. The van der Waals surface area contributed by atoms with E-state index in [1.165, 1.54) is 77.9 Å². The standard InChI is InChI=1S/C69H49N/c1-68(52-24-8-3-9-25-52)62-34-18-14-32-58(62)60-44-42-51(46-64(60)68)57-31-17-21-37-67(57)70(66-36-20-16-30-56(66)50-40-38-49(39-41-50)48-22-6-2-7-23-48)55-43-45-61-59-33-15-19-35-63(59)69(65(61)47-55,53-26-10-4-11-27-53)54-28-12-5-13-29-54/h2-47H,1H3. The zero-order valence-electron chi connectivity index (χ0n) is 39.0. The fourth-order valence-electron chi connectivity index (χ4n) is 12.0. The summed E-state index contributed by atoms with van der Waals surface area (Å²) in [5, 5.41) is 0. The van der Waals surface area contributed by atoms with E-state index in [0.29, 0.717) is 0 Å². The highest BCUT2D eigenvalue weighted by Crippen LogP contribution is 2.58. The van der Waals surface area contributed by atoms with Crippen molar-refractivity contribution in [2.45, 2.75) is 17.8 Å². The van der Waals surface area contributed by atoms with E-state index >= 15 is 0 Å². The molecule has 0 saturated heterocycles. The summed E-state index contributed by atoms with van der Waals surface area (Å²) in [6.45, 7) is 2.41. The van der Waals surface area contributed by atoms with Crippen molar-refractivity contribution >= 4 is 17.1 Å². The minimum atomic E-state index is -0.556. The maximum atomic E-state index is 2.53. The van der Waals surface area contributed by atoms with Crippen LogP contribution in [0.3, 0.4) is 0 Å². The van der Waals surface area contributed by atoms with Crippen molar-refractivity contribution in [3.05, 3.63) is 318 Å². The number of nitrogens with zero attached hydrogens (tertiary/aromatic N) is 1. The van der Waals surface area contributed by atoms with Crippen molar-refractivity contribution in [1.82, 2.24) is 0 Å². The van der Waals surface area contributed by atoms with Crippen LogP contribution in [0.4, 0.5) is 17.1 Å². The average molecular weight is 892 g/mol. The molecule has 0 saturated carbocycles. The third-order valence-electron chi connectivity index (χ3n) is 15.3. The Morgan fingerprint density at radius 2 is 0.657 bits per heavy atom. The van der Waals surface area contributed by atoms with Crippen molar-refractivity contribution in [3.63, 3.8) is 0 Å². The van der Waals surface area contributed by atoms with E-state index in [1.807, 2.05) is 0 Å². The minimum Gasteiger partial charge on any atom is -0.309 e. The van der Waals surface area contributed by atoms with Crippen LogP contribution in [0.2, 0.25) is 0 Å². The molecule has 13 rings (SSSR count). The van der Waals surface area contributed by atoms with Crippen molar-refractivity contribution in [2.24, 2.45) is 0 Å². The van der Waals surface area contributed by atoms with Crippen LogP contribution in [0, 0.1) is 0 Å². The average Bonchev–Trinajstić information content (AvgIpc) is 3.89. The van der Waals surface area contributed by atoms with Gasteiger partial charge in [-0.25, -0.2) is 0 Å². The van der Waals surface area contributed by atoms with Gasteiger partial charge in [-0.3, -0.25) is 0 Å². The van der Waals surface area contributed by atoms with Gasteiger partial charge in [-0.15, -0.1) is 0 Å². The lowest BCUT2D eigenvalue weighted by atomic mass is 9.67. The van der Waals surface area contributed by atoms with Crippen LogP contribution in [0.1, 0.15) is 45.9 Å². The Morgan fingerprint density at radius 3 is 1.27 bits per heavy atom. The molecule has 0 amide bonds. The van der Waals surface area contributed by atoms with Crippen LogP contribution >= 0.6 is 0 Å². The van der Waals surface area contributed by atoms with Crippen LogP contribution in [-0.4, -0.2) is 0 Å². The van der Waals surface area contributed by atoms with E-state index in [2.05, 4.69) is 291 Å². The molecule has 1 atom stereocenters. The minimum absolute atomic E-state index is 0.330. The van der Waals surface area contributed by atoms with E-state index in [0.717, 1.165) is 33.8 Å². The molecule has 0 bridgehead atoms.